The summed E-state index contributed by atoms with van der Waals surface area (Å²) in [5.41, 5.74) is 2.72. The Labute approximate surface area is 219 Å². The fraction of sp³-hybridized carbons (Fsp3) is 0.500. The summed E-state index contributed by atoms with van der Waals surface area (Å²) in [5, 5.41) is 0. The number of carbonyl (C=O) groups excluding carboxylic acids is 1. The molecule has 0 unspecified atom stereocenters. The van der Waals surface area contributed by atoms with Crippen molar-refractivity contribution in [2.45, 2.75) is 84.1 Å². The van der Waals surface area contributed by atoms with Gasteiger partial charge in [-0.3, -0.25) is 4.79 Å². The maximum Gasteiger partial charge on any atom is 0.279 e. The lowest BCUT2D eigenvalue weighted by molar-refractivity contribution is 0.0997. The molecule has 0 aliphatic heterocycles. The molecular formula is C28H39N3O3S2. The lowest BCUT2D eigenvalue weighted by Gasteiger charge is -2.22. The first-order valence-electron chi connectivity index (χ1n) is 13.0. The van der Waals surface area contributed by atoms with E-state index in [0.717, 1.165) is 48.9 Å². The summed E-state index contributed by atoms with van der Waals surface area (Å²) in [5.74, 6) is 0.0565. The van der Waals surface area contributed by atoms with Crippen LogP contribution < -0.4 is 4.80 Å². The van der Waals surface area contributed by atoms with Gasteiger partial charge in [0.2, 0.25) is 10.0 Å². The molecule has 0 aliphatic carbocycles. The lowest BCUT2D eigenvalue weighted by atomic mass is 10.0. The van der Waals surface area contributed by atoms with Gasteiger partial charge < -0.3 is 4.57 Å². The first kappa shape index (κ1) is 28.3. The zero-order valence-electron chi connectivity index (χ0n) is 22.2. The number of carbonyl (C=O) groups is 1. The Morgan fingerprint density at radius 1 is 0.972 bits per heavy atom. The van der Waals surface area contributed by atoms with Gasteiger partial charge in [-0.25, -0.2) is 8.42 Å². The van der Waals surface area contributed by atoms with Crippen LogP contribution in [0.15, 0.2) is 52.4 Å². The number of rotatable bonds is 12. The Hall–Kier alpha value is -2.29. The molecule has 3 rings (SSSR count). The van der Waals surface area contributed by atoms with E-state index >= 15 is 0 Å². The third-order valence-electron chi connectivity index (χ3n) is 6.28. The average Bonchev–Trinajstić information content (AvgIpc) is 3.20. The zero-order chi connectivity index (χ0) is 26.3. The van der Waals surface area contributed by atoms with Crippen molar-refractivity contribution in [1.29, 1.82) is 0 Å². The van der Waals surface area contributed by atoms with Gasteiger partial charge in [0.1, 0.15) is 0 Å². The molecule has 0 radical (unpaired) electrons. The smallest absolute Gasteiger partial charge is 0.279 e. The lowest BCUT2D eigenvalue weighted by Crippen LogP contribution is -2.33. The van der Waals surface area contributed by atoms with E-state index < -0.39 is 10.0 Å². The minimum atomic E-state index is -3.60. The maximum absolute atomic E-state index is 13.2. The molecule has 2 aromatic carbocycles. The third kappa shape index (κ3) is 6.52. The van der Waals surface area contributed by atoms with E-state index in [1.807, 2.05) is 0 Å². The van der Waals surface area contributed by atoms with Gasteiger partial charge in [-0.05, 0) is 67.1 Å². The van der Waals surface area contributed by atoms with E-state index in [2.05, 4.69) is 62.4 Å². The van der Waals surface area contributed by atoms with Gasteiger partial charge in [0.15, 0.2) is 4.80 Å². The molecule has 0 atom stereocenters. The zero-order valence-corrected chi connectivity index (χ0v) is 23.8. The summed E-state index contributed by atoms with van der Waals surface area (Å²) in [4.78, 5) is 18.4. The molecule has 36 heavy (non-hydrogen) atoms. The highest BCUT2D eigenvalue weighted by Crippen LogP contribution is 2.24. The Morgan fingerprint density at radius 2 is 1.61 bits per heavy atom. The number of benzene rings is 2. The van der Waals surface area contributed by atoms with Crippen LogP contribution >= 0.6 is 11.3 Å². The van der Waals surface area contributed by atoms with Crippen LogP contribution in [0.5, 0.6) is 0 Å². The first-order chi connectivity index (χ1) is 17.2. The van der Waals surface area contributed by atoms with E-state index in [9.17, 15) is 13.2 Å². The quantitative estimate of drug-likeness (QED) is 0.266. The van der Waals surface area contributed by atoms with Crippen molar-refractivity contribution in [2.24, 2.45) is 4.99 Å². The largest absolute Gasteiger partial charge is 0.316 e. The summed E-state index contributed by atoms with van der Waals surface area (Å²) < 4.78 is 31.2. The van der Waals surface area contributed by atoms with Crippen molar-refractivity contribution in [3.8, 4) is 0 Å². The van der Waals surface area contributed by atoms with E-state index in [4.69, 9.17) is 0 Å². The van der Waals surface area contributed by atoms with Gasteiger partial charge in [0.05, 0.1) is 15.1 Å². The highest BCUT2D eigenvalue weighted by atomic mass is 32.2. The van der Waals surface area contributed by atoms with Crippen LogP contribution in [0.25, 0.3) is 10.2 Å². The van der Waals surface area contributed by atoms with Crippen LogP contribution in [0.2, 0.25) is 0 Å². The molecule has 196 valence electrons. The molecule has 0 saturated heterocycles. The molecule has 3 aromatic rings. The molecule has 1 aromatic heterocycles. The van der Waals surface area contributed by atoms with Gasteiger partial charge in [0.25, 0.3) is 5.91 Å². The summed E-state index contributed by atoms with van der Waals surface area (Å²) in [6, 6.07) is 12.6. The van der Waals surface area contributed by atoms with Gasteiger partial charge in [-0.2, -0.15) is 9.30 Å². The van der Waals surface area contributed by atoms with Crippen molar-refractivity contribution in [1.82, 2.24) is 8.87 Å². The molecular weight excluding hydrogens is 490 g/mol. The second kappa shape index (κ2) is 12.8. The molecule has 8 heteroatoms. The van der Waals surface area contributed by atoms with Crippen molar-refractivity contribution in [2.75, 3.05) is 13.1 Å². The summed E-state index contributed by atoms with van der Waals surface area (Å²) in [6.45, 7) is 12.3. The Morgan fingerprint density at radius 3 is 2.17 bits per heavy atom. The number of fused-ring (bicyclic) bond motifs is 1. The van der Waals surface area contributed by atoms with Gasteiger partial charge in [0, 0.05) is 25.2 Å². The molecule has 0 N–H and O–H groups in total. The van der Waals surface area contributed by atoms with E-state index in [1.165, 1.54) is 29.0 Å². The minimum absolute atomic E-state index is 0.218. The van der Waals surface area contributed by atoms with Crippen molar-refractivity contribution >= 4 is 37.5 Å². The standard InChI is InChI=1S/C28H39N3O3S2/c1-6-9-18-30(19-10-7-2)36(33,34)24-14-11-22(12-15-24)27(32)29-28-31(17-8-3)25-16-13-23(21(4)5)20-26(25)35-28/h11-16,20-21H,6-10,17-19H2,1-5H3. The normalized spacial score (nSPS) is 12.8. The van der Waals surface area contributed by atoms with Crippen LogP contribution in [-0.2, 0) is 16.6 Å². The topological polar surface area (TPSA) is 71.7 Å². The van der Waals surface area contributed by atoms with Crippen LogP contribution in [0.3, 0.4) is 0 Å². The number of aryl methyl sites for hydroxylation is 1. The second-order valence-electron chi connectivity index (χ2n) is 9.47. The highest BCUT2D eigenvalue weighted by molar-refractivity contribution is 7.89. The van der Waals surface area contributed by atoms with E-state index in [-0.39, 0.29) is 10.8 Å². The molecule has 1 heterocycles. The van der Waals surface area contributed by atoms with Gasteiger partial charge >= 0.3 is 0 Å². The highest BCUT2D eigenvalue weighted by Gasteiger charge is 2.23. The van der Waals surface area contributed by atoms with Crippen molar-refractivity contribution < 1.29 is 13.2 Å². The van der Waals surface area contributed by atoms with Crippen molar-refractivity contribution in [3.63, 3.8) is 0 Å². The molecule has 0 bridgehead atoms. The molecule has 1 amide bonds. The van der Waals surface area contributed by atoms with Crippen LogP contribution in [0.1, 0.15) is 88.6 Å². The minimum Gasteiger partial charge on any atom is -0.316 e. The number of sulfonamides is 1. The third-order valence-corrected chi connectivity index (χ3v) is 9.23. The summed E-state index contributed by atoms with van der Waals surface area (Å²) in [6.07, 6.45) is 4.44. The maximum atomic E-state index is 13.2. The second-order valence-corrected chi connectivity index (χ2v) is 12.4. The van der Waals surface area contributed by atoms with Crippen LogP contribution in [0, 0.1) is 0 Å². The summed E-state index contributed by atoms with van der Waals surface area (Å²) in [7, 11) is -3.60. The van der Waals surface area contributed by atoms with Crippen molar-refractivity contribution in [3.05, 3.63) is 58.4 Å². The molecule has 0 fully saturated rings. The Balaban J connectivity index is 1.92. The molecule has 0 saturated carbocycles. The fourth-order valence-corrected chi connectivity index (χ4v) is 6.68. The number of unbranched alkanes of at least 4 members (excludes halogenated alkanes) is 2. The van der Waals surface area contributed by atoms with Crippen LogP contribution in [-0.4, -0.2) is 36.3 Å². The van der Waals surface area contributed by atoms with Gasteiger partial charge in [-0.1, -0.05) is 64.9 Å². The predicted molar refractivity (Wildman–Crippen MR) is 149 cm³/mol. The number of amides is 1. The number of nitrogens with zero attached hydrogens (tertiary/aromatic N) is 3. The number of hydrogen-bond acceptors (Lipinski definition) is 4. The fourth-order valence-electron chi connectivity index (χ4n) is 4.07. The van der Waals surface area contributed by atoms with E-state index in [0.29, 0.717) is 29.4 Å². The molecule has 0 spiro atoms. The number of thiazole rings is 1. The monoisotopic (exact) mass is 529 g/mol. The predicted octanol–water partition coefficient (Wildman–Crippen LogP) is 6.57. The van der Waals surface area contributed by atoms with Crippen LogP contribution in [0.4, 0.5) is 0 Å². The Kier molecular flexibility index (Phi) is 10.0. The number of aromatic nitrogens is 1. The number of hydrogen-bond donors (Lipinski definition) is 0. The van der Waals surface area contributed by atoms with E-state index in [1.54, 1.807) is 16.4 Å². The SMILES string of the molecule is CCCCN(CCCC)S(=O)(=O)c1ccc(C(=O)N=c2sc3cc(C(C)C)ccc3n2CCC)cc1. The summed E-state index contributed by atoms with van der Waals surface area (Å²) >= 11 is 1.52. The first-order valence-corrected chi connectivity index (χ1v) is 15.3. The van der Waals surface area contributed by atoms with Gasteiger partial charge in [-0.15, -0.1) is 0 Å². The average molecular weight is 530 g/mol. The molecule has 6 nitrogen and oxygen atoms in total. The molecule has 0 aliphatic rings. The Bertz CT molecular complexity index is 1330.